The van der Waals surface area contributed by atoms with E-state index in [1.165, 1.54) is 0 Å². The third-order valence-electron chi connectivity index (χ3n) is 2.82. The third-order valence-corrected chi connectivity index (χ3v) is 2.82. The first-order valence-electron chi connectivity index (χ1n) is 5.09. The Hall–Kier alpha value is -1.91. The molecule has 16 heavy (non-hydrogen) atoms. The molecule has 0 fully saturated rings. The van der Waals surface area contributed by atoms with Crippen LogP contribution in [0.4, 0.5) is 0 Å². The fraction of sp³-hybridized carbons (Fsp3) is 0.364. The summed E-state index contributed by atoms with van der Waals surface area (Å²) in [5, 5.41) is 10.8. The standard InChI is InChI=1S/C11H11NO4/c1-2-7-8-5-3-4-6-9(8)16-11(13)10(7)12(14)15/h3-7,10H,2H2,1H3. The number of carbonyl (C=O) groups excluding carboxylic acids is 1. The topological polar surface area (TPSA) is 69.4 Å². The van der Waals surface area contributed by atoms with Gasteiger partial charge < -0.3 is 4.74 Å². The molecular weight excluding hydrogens is 210 g/mol. The molecule has 0 saturated carbocycles. The van der Waals surface area contributed by atoms with E-state index in [1.54, 1.807) is 24.3 Å². The predicted molar refractivity (Wildman–Crippen MR) is 55.9 cm³/mol. The number of ether oxygens (including phenoxy) is 1. The van der Waals surface area contributed by atoms with Crippen LogP contribution >= 0.6 is 0 Å². The zero-order valence-corrected chi connectivity index (χ0v) is 8.75. The van der Waals surface area contributed by atoms with Gasteiger partial charge in [-0.15, -0.1) is 0 Å². The highest BCUT2D eigenvalue weighted by Crippen LogP contribution is 2.37. The highest BCUT2D eigenvalue weighted by Gasteiger charge is 2.45. The molecule has 2 rings (SSSR count). The first kappa shape index (κ1) is 10.6. The lowest BCUT2D eigenvalue weighted by atomic mass is 9.87. The molecule has 5 nitrogen and oxygen atoms in total. The van der Waals surface area contributed by atoms with E-state index in [-0.39, 0.29) is 0 Å². The summed E-state index contributed by atoms with van der Waals surface area (Å²) in [6.07, 6.45) is 0.539. The monoisotopic (exact) mass is 221 g/mol. The zero-order valence-electron chi connectivity index (χ0n) is 8.75. The van der Waals surface area contributed by atoms with Crippen LogP contribution in [0.5, 0.6) is 5.75 Å². The fourth-order valence-electron chi connectivity index (χ4n) is 2.06. The van der Waals surface area contributed by atoms with Crippen LogP contribution in [0.25, 0.3) is 0 Å². The molecule has 0 bridgehead atoms. The number of para-hydroxylation sites is 1. The number of rotatable bonds is 2. The molecule has 0 aliphatic carbocycles. The van der Waals surface area contributed by atoms with E-state index in [0.717, 1.165) is 5.56 Å². The summed E-state index contributed by atoms with van der Waals surface area (Å²) in [5.41, 5.74) is 0.742. The first-order chi connectivity index (χ1) is 7.65. The lowest BCUT2D eigenvalue weighted by Crippen LogP contribution is -2.41. The van der Waals surface area contributed by atoms with Gasteiger partial charge in [0.05, 0.1) is 5.92 Å². The largest absolute Gasteiger partial charge is 0.421 e. The molecule has 0 spiro atoms. The zero-order chi connectivity index (χ0) is 11.7. The van der Waals surface area contributed by atoms with E-state index < -0.39 is 22.9 Å². The fourth-order valence-corrected chi connectivity index (χ4v) is 2.06. The average Bonchev–Trinajstić information content (AvgIpc) is 2.26. The molecule has 84 valence electrons. The van der Waals surface area contributed by atoms with Crippen LogP contribution in [-0.2, 0) is 4.79 Å². The molecule has 0 radical (unpaired) electrons. The van der Waals surface area contributed by atoms with Crippen molar-refractivity contribution in [2.45, 2.75) is 25.3 Å². The molecule has 1 aromatic carbocycles. The Kier molecular flexibility index (Phi) is 2.60. The van der Waals surface area contributed by atoms with Gasteiger partial charge in [0, 0.05) is 10.5 Å². The van der Waals surface area contributed by atoms with E-state index in [2.05, 4.69) is 0 Å². The Balaban J connectivity index is 2.49. The maximum atomic E-state index is 11.5. The summed E-state index contributed by atoms with van der Waals surface area (Å²) in [4.78, 5) is 21.8. The van der Waals surface area contributed by atoms with Gasteiger partial charge in [-0.2, -0.15) is 0 Å². The SMILES string of the molecule is CCC1c2ccccc2OC(=O)C1[N+](=O)[O-]. The van der Waals surface area contributed by atoms with Crippen molar-refractivity contribution in [1.29, 1.82) is 0 Å². The van der Waals surface area contributed by atoms with Gasteiger partial charge in [-0.25, -0.2) is 4.79 Å². The number of esters is 1. The van der Waals surface area contributed by atoms with Gasteiger partial charge in [-0.1, -0.05) is 25.1 Å². The van der Waals surface area contributed by atoms with Crippen LogP contribution in [0.2, 0.25) is 0 Å². The molecule has 1 aliphatic heterocycles. The van der Waals surface area contributed by atoms with Crippen LogP contribution in [-0.4, -0.2) is 16.9 Å². The van der Waals surface area contributed by atoms with Crippen LogP contribution in [0.1, 0.15) is 24.8 Å². The Labute approximate surface area is 92.2 Å². The van der Waals surface area contributed by atoms with Crippen molar-refractivity contribution in [3.8, 4) is 5.75 Å². The number of nitrogens with zero attached hydrogens (tertiary/aromatic N) is 1. The molecule has 5 heteroatoms. The number of benzene rings is 1. The van der Waals surface area contributed by atoms with Crippen molar-refractivity contribution in [1.82, 2.24) is 0 Å². The average molecular weight is 221 g/mol. The predicted octanol–water partition coefficient (Wildman–Crippen LogP) is 1.74. The summed E-state index contributed by atoms with van der Waals surface area (Å²) < 4.78 is 4.96. The molecule has 0 aromatic heterocycles. The van der Waals surface area contributed by atoms with Crippen LogP contribution in [0.3, 0.4) is 0 Å². The van der Waals surface area contributed by atoms with Gasteiger partial charge in [0.2, 0.25) is 0 Å². The second-order valence-corrected chi connectivity index (χ2v) is 3.70. The highest BCUT2D eigenvalue weighted by molar-refractivity contribution is 5.81. The van der Waals surface area contributed by atoms with Gasteiger partial charge in [0.1, 0.15) is 5.75 Å². The molecule has 0 saturated heterocycles. The number of nitro groups is 1. The highest BCUT2D eigenvalue weighted by atomic mass is 16.6. The van der Waals surface area contributed by atoms with Crippen molar-refractivity contribution in [3.05, 3.63) is 39.9 Å². The molecular formula is C11H11NO4. The maximum absolute atomic E-state index is 11.5. The third kappa shape index (κ3) is 1.54. The number of fused-ring (bicyclic) bond motifs is 1. The molecule has 1 heterocycles. The van der Waals surface area contributed by atoms with E-state index in [4.69, 9.17) is 4.74 Å². The summed E-state index contributed by atoms with van der Waals surface area (Å²) in [7, 11) is 0. The van der Waals surface area contributed by atoms with Crippen LogP contribution < -0.4 is 4.74 Å². The Bertz CT molecular complexity index is 443. The maximum Gasteiger partial charge on any atom is 0.387 e. The van der Waals surface area contributed by atoms with E-state index in [0.29, 0.717) is 12.2 Å². The normalized spacial score (nSPS) is 23.4. The van der Waals surface area contributed by atoms with Crippen molar-refractivity contribution < 1.29 is 14.5 Å². The first-order valence-corrected chi connectivity index (χ1v) is 5.09. The van der Waals surface area contributed by atoms with Crippen molar-refractivity contribution >= 4 is 5.97 Å². The lowest BCUT2D eigenvalue weighted by Gasteiger charge is -2.25. The van der Waals surface area contributed by atoms with Gasteiger partial charge in [-0.3, -0.25) is 10.1 Å². The van der Waals surface area contributed by atoms with Crippen molar-refractivity contribution in [2.24, 2.45) is 0 Å². The molecule has 1 aliphatic rings. The van der Waals surface area contributed by atoms with E-state index >= 15 is 0 Å². The Morgan fingerprint density at radius 2 is 2.12 bits per heavy atom. The van der Waals surface area contributed by atoms with Crippen molar-refractivity contribution in [2.75, 3.05) is 0 Å². The van der Waals surface area contributed by atoms with Crippen molar-refractivity contribution in [3.63, 3.8) is 0 Å². The number of hydrogen-bond acceptors (Lipinski definition) is 4. The minimum Gasteiger partial charge on any atom is -0.421 e. The Morgan fingerprint density at radius 1 is 1.44 bits per heavy atom. The minimum atomic E-state index is -1.28. The summed E-state index contributed by atoms with van der Waals surface area (Å²) in [5.74, 6) is -0.722. The summed E-state index contributed by atoms with van der Waals surface area (Å²) in [6, 6.07) is 5.68. The second kappa shape index (κ2) is 3.92. The minimum absolute atomic E-state index is 0.396. The second-order valence-electron chi connectivity index (χ2n) is 3.70. The summed E-state index contributed by atoms with van der Waals surface area (Å²) >= 11 is 0. The molecule has 2 atom stereocenters. The summed E-state index contributed by atoms with van der Waals surface area (Å²) in [6.45, 7) is 1.83. The van der Waals surface area contributed by atoms with E-state index in [9.17, 15) is 14.9 Å². The van der Waals surface area contributed by atoms with E-state index in [1.807, 2.05) is 6.92 Å². The molecule has 0 amide bonds. The van der Waals surface area contributed by atoms with Gasteiger partial charge in [-0.05, 0) is 12.5 Å². The molecule has 0 N–H and O–H groups in total. The molecule has 1 aromatic rings. The Morgan fingerprint density at radius 3 is 2.75 bits per heavy atom. The van der Waals surface area contributed by atoms with Gasteiger partial charge >= 0.3 is 12.0 Å². The number of carbonyl (C=O) groups is 1. The molecule has 2 unspecified atom stereocenters. The van der Waals surface area contributed by atoms with Gasteiger partial charge in [0.25, 0.3) is 0 Å². The van der Waals surface area contributed by atoms with Gasteiger partial charge in [0.15, 0.2) is 0 Å². The number of hydrogen-bond donors (Lipinski definition) is 0. The lowest BCUT2D eigenvalue weighted by molar-refractivity contribution is -0.514. The quantitative estimate of drug-likeness (QED) is 0.330. The smallest absolute Gasteiger partial charge is 0.387 e. The van der Waals surface area contributed by atoms with Crippen LogP contribution in [0.15, 0.2) is 24.3 Å². The van der Waals surface area contributed by atoms with Crippen LogP contribution in [0, 0.1) is 10.1 Å².